The maximum absolute atomic E-state index is 11.3. The highest BCUT2D eigenvalue weighted by atomic mass is 32.2. The number of sulfone groups is 1. The van der Waals surface area contributed by atoms with Crippen LogP contribution >= 0.6 is 0 Å². The molecule has 3 aromatic carbocycles. The summed E-state index contributed by atoms with van der Waals surface area (Å²) in [5.74, 6) is 0. The van der Waals surface area contributed by atoms with Crippen molar-refractivity contribution in [2.45, 2.75) is 25.6 Å². The lowest BCUT2D eigenvalue weighted by Crippen LogP contribution is -2.06. The van der Waals surface area contributed by atoms with Crippen molar-refractivity contribution in [2.75, 3.05) is 6.26 Å². The Balaban J connectivity index is 0.000000181. The zero-order valence-electron chi connectivity index (χ0n) is 21.2. The van der Waals surface area contributed by atoms with E-state index in [4.69, 9.17) is 4.74 Å². The summed E-state index contributed by atoms with van der Waals surface area (Å²) in [6, 6.07) is 25.8. The third kappa shape index (κ3) is 7.01. The van der Waals surface area contributed by atoms with Crippen LogP contribution in [0.5, 0.6) is 6.01 Å². The van der Waals surface area contributed by atoms with Crippen molar-refractivity contribution in [3.8, 4) is 28.5 Å². The second kappa shape index (κ2) is 12.1. The SMILES string of the molecule is Cc1ccccc1-c1cnnc(OCc2ccccc2)n1.Cc1ccccc1-c1cnnc(S(C)(=O)=O)n1. The number of rotatable bonds is 6. The molecule has 0 aliphatic heterocycles. The number of hydrogen-bond donors (Lipinski definition) is 0. The van der Waals surface area contributed by atoms with Crippen molar-refractivity contribution in [1.82, 2.24) is 30.4 Å². The Kier molecular flexibility index (Phi) is 8.44. The molecule has 0 bridgehead atoms. The molecule has 0 aliphatic carbocycles. The first-order valence-electron chi connectivity index (χ1n) is 11.7. The van der Waals surface area contributed by atoms with Crippen LogP contribution in [0, 0.1) is 13.8 Å². The summed E-state index contributed by atoms with van der Waals surface area (Å²) in [6.45, 7) is 4.40. The summed E-state index contributed by atoms with van der Waals surface area (Å²) in [7, 11) is -3.43. The van der Waals surface area contributed by atoms with Gasteiger partial charge in [-0.3, -0.25) is 0 Å². The zero-order valence-corrected chi connectivity index (χ0v) is 22.0. The Hall–Kier alpha value is -4.57. The zero-order chi connectivity index (χ0) is 27.0. The van der Waals surface area contributed by atoms with Gasteiger partial charge >= 0.3 is 6.01 Å². The highest BCUT2D eigenvalue weighted by molar-refractivity contribution is 7.90. The standard InChI is InChI=1S/C17H15N3O.C11H11N3O2S/c1-13-7-5-6-10-15(13)16-11-18-20-17(19-16)21-12-14-8-3-2-4-9-14;1-8-5-3-4-6-9(8)10-7-12-14-11(13-10)17(2,15)16/h2-11H,12H2,1H3;3-7H,1-2H3. The van der Waals surface area contributed by atoms with Gasteiger partial charge in [-0.2, -0.15) is 15.2 Å². The molecule has 0 N–H and O–H groups in total. The number of nitrogens with zero attached hydrogens (tertiary/aromatic N) is 6. The first-order valence-corrected chi connectivity index (χ1v) is 13.6. The minimum absolute atomic E-state index is 0.252. The number of benzene rings is 3. The maximum Gasteiger partial charge on any atom is 0.336 e. The van der Waals surface area contributed by atoms with Crippen LogP contribution in [0.15, 0.2) is 96.4 Å². The first kappa shape index (κ1) is 26.5. The van der Waals surface area contributed by atoms with Gasteiger partial charge in [0, 0.05) is 17.4 Å². The molecule has 192 valence electrons. The van der Waals surface area contributed by atoms with E-state index in [1.807, 2.05) is 92.7 Å². The lowest BCUT2D eigenvalue weighted by atomic mass is 10.1. The van der Waals surface area contributed by atoms with E-state index in [0.717, 1.165) is 39.8 Å². The molecular weight excluding hydrogens is 500 g/mol. The van der Waals surface area contributed by atoms with Gasteiger partial charge in [0.05, 0.1) is 23.8 Å². The predicted molar refractivity (Wildman–Crippen MR) is 144 cm³/mol. The van der Waals surface area contributed by atoms with E-state index in [9.17, 15) is 8.42 Å². The number of hydrogen-bond acceptors (Lipinski definition) is 9. The van der Waals surface area contributed by atoms with Gasteiger partial charge < -0.3 is 4.74 Å². The molecule has 0 spiro atoms. The van der Waals surface area contributed by atoms with Crippen LogP contribution in [-0.4, -0.2) is 45.0 Å². The highest BCUT2D eigenvalue weighted by Gasteiger charge is 2.13. The second-order valence-corrected chi connectivity index (χ2v) is 10.3. The fourth-order valence-corrected chi connectivity index (χ4v) is 3.95. The normalized spacial score (nSPS) is 10.8. The second-order valence-electron chi connectivity index (χ2n) is 8.42. The molecule has 0 atom stereocenters. The van der Waals surface area contributed by atoms with Gasteiger partial charge in [-0.25, -0.2) is 13.4 Å². The van der Waals surface area contributed by atoms with Crippen LogP contribution in [-0.2, 0) is 16.4 Å². The number of ether oxygens (including phenoxy) is 1. The third-order valence-corrected chi connectivity index (χ3v) is 6.30. The number of aryl methyl sites for hydroxylation is 2. The summed E-state index contributed by atoms with van der Waals surface area (Å²) in [5, 5.41) is 14.8. The molecule has 38 heavy (non-hydrogen) atoms. The third-order valence-electron chi connectivity index (χ3n) is 5.46. The van der Waals surface area contributed by atoms with E-state index in [0.29, 0.717) is 18.3 Å². The topological polar surface area (TPSA) is 121 Å². The number of aromatic nitrogens is 6. The molecule has 0 fully saturated rings. The molecule has 5 rings (SSSR count). The van der Waals surface area contributed by atoms with Crippen molar-refractivity contribution < 1.29 is 13.2 Å². The summed E-state index contributed by atoms with van der Waals surface area (Å²) in [6.07, 6.45) is 4.17. The summed E-state index contributed by atoms with van der Waals surface area (Å²) >= 11 is 0. The van der Waals surface area contributed by atoms with Crippen LogP contribution in [0.2, 0.25) is 0 Å². The summed E-state index contributed by atoms with van der Waals surface area (Å²) < 4.78 is 28.3. The molecular formula is C28H26N6O3S. The molecule has 9 nitrogen and oxygen atoms in total. The van der Waals surface area contributed by atoms with Gasteiger partial charge in [0.2, 0.25) is 9.84 Å². The molecule has 2 heterocycles. The lowest BCUT2D eigenvalue weighted by Gasteiger charge is -2.07. The van der Waals surface area contributed by atoms with Crippen LogP contribution < -0.4 is 4.74 Å². The Morgan fingerprint density at radius 2 is 1.21 bits per heavy atom. The molecule has 0 saturated heterocycles. The smallest absolute Gasteiger partial charge is 0.336 e. The Labute approximate surface area is 221 Å². The van der Waals surface area contributed by atoms with Crippen molar-refractivity contribution in [2.24, 2.45) is 0 Å². The highest BCUT2D eigenvalue weighted by Crippen LogP contribution is 2.22. The van der Waals surface area contributed by atoms with Crippen molar-refractivity contribution >= 4 is 9.84 Å². The molecule has 0 amide bonds. The minimum Gasteiger partial charge on any atom is -0.458 e. The van der Waals surface area contributed by atoms with E-state index in [1.54, 1.807) is 6.20 Å². The minimum atomic E-state index is -3.43. The van der Waals surface area contributed by atoms with E-state index >= 15 is 0 Å². The van der Waals surface area contributed by atoms with Crippen molar-refractivity contribution in [3.05, 3.63) is 108 Å². The van der Waals surface area contributed by atoms with Gasteiger partial charge in [-0.15, -0.1) is 5.10 Å². The summed E-state index contributed by atoms with van der Waals surface area (Å²) in [4.78, 5) is 8.44. The Morgan fingerprint density at radius 3 is 1.79 bits per heavy atom. The van der Waals surface area contributed by atoms with E-state index < -0.39 is 9.84 Å². The molecule has 0 unspecified atom stereocenters. The van der Waals surface area contributed by atoms with Gasteiger partial charge in [0.15, 0.2) is 0 Å². The molecule has 0 aliphatic rings. The van der Waals surface area contributed by atoms with Gasteiger partial charge in [0.25, 0.3) is 5.16 Å². The van der Waals surface area contributed by atoms with Gasteiger partial charge in [-0.05, 0) is 30.5 Å². The average molecular weight is 527 g/mol. The first-order chi connectivity index (χ1) is 18.3. The van der Waals surface area contributed by atoms with E-state index in [2.05, 4.69) is 30.4 Å². The fourth-order valence-electron chi connectivity index (χ4n) is 3.49. The maximum atomic E-state index is 11.3. The monoisotopic (exact) mass is 526 g/mol. The van der Waals surface area contributed by atoms with Crippen molar-refractivity contribution in [1.29, 1.82) is 0 Å². The molecule has 2 aromatic heterocycles. The van der Waals surface area contributed by atoms with Crippen LogP contribution in [0.1, 0.15) is 16.7 Å². The quantitative estimate of drug-likeness (QED) is 0.310. The molecule has 0 radical (unpaired) electrons. The van der Waals surface area contributed by atoms with Gasteiger partial charge in [0.1, 0.15) is 6.61 Å². The van der Waals surface area contributed by atoms with Crippen LogP contribution in [0.3, 0.4) is 0 Å². The predicted octanol–water partition coefficient (Wildman–Crippen LogP) is 4.68. The lowest BCUT2D eigenvalue weighted by molar-refractivity contribution is 0.277. The largest absolute Gasteiger partial charge is 0.458 e. The van der Waals surface area contributed by atoms with E-state index in [1.165, 1.54) is 6.20 Å². The fraction of sp³-hybridized carbons (Fsp3) is 0.143. The molecule has 0 saturated carbocycles. The van der Waals surface area contributed by atoms with Crippen LogP contribution in [0.25, 0.3) is 22.5 Å². The van der Waals surface area contributed by atoms with E-state index in [-0.39, 0.29) is 5.16 Å². The van der Waals surface area contributed by atoms with Gasteiger partial charge in [-0.1, -0.05) is 84.0 Å². The Morgan fingerprint density at radius 1 is 0.684 bits per heavy atom. The Bertz CT molecular complexity index is 1630. The van der Waals surface area contributed by atoms with Crippen molar-refractivity contribution in [3.63, 3.8) is 0 Å². The summed E-state index contributed by atoms with van der Waals surface area (Å²) in [5.41, 5.74) is 6.40. The van der Waals surface area contributed by atoms with Crippen LogP contribution in [0.4, 0.5) is 0 Å². The molecule has 10 heteroatoms. The molecule has 5 aromatic rings. The average Bonchev–Trinajstić information content (AvgIpc) is 2.93.